The van der Waals surface area contributed by atoms with Crippen molar-refractivity contribution in [1.82, 2.24) is 14.9 Å². The van der Waals surface area contributed by atoms with Gasteiger partial charge in [-0.2, -0.15) is 0 Å². The van der Waals surface area contributed by atoms with Crippen LogP contribution in [0.1, 0.15) is 22.9 Å². The average molecular weight is 432 g/mol. The van der Waals surface area contributed by atoms with Crippen molar-refractivity contribution in [2.75, 3.05) is 20.3 Å². The molecular formula is C22H26ClN3O2S. The third kappa shape index (κ3) is 5.01. The lowest BCUT2D eigenvalue weighted by Gasteiger charge is -2.28. The highest BCUT2D eigenvalue weighted by Gasteiger charge is 2.24. The van der Waals surface area contributed by atoms with Crippen molar-refractivity contribution in [3.05, 3.63) is 76.3 Å². The van der Waals surface area contributed by atoms with Gasteiger partial charge in [0.05, 0.1) is 13.2 Å². The maximum Gasteiger partial charge on any atom is 0.177 e. The first-order chi connectivity index (χ1) is 13.7. The fraction of sp³-hybridized carbons (Fsp3) is 0.318. The van der Waals surface area contributed by atoms with Gasteiger partial charge in [0.1, 0.15) is 18.1 Å². The van der Waals surface area contributed by atoms with Crippen LogP contribution in [-0.4, -0.2) is 29.8 Å². The van der Waals surface area contributed by atoms with Crippen molar-refractivity contribution in [2.45, 2.75) is 25.4 Å². The van der Waals surface area contributed by atoms with Crippen LogP contribution in [0, 0.1) is 4.77 Å². The van der Waals surface area contributed by atoms with E-state index in [9.17, 15) is 0 Å². The standard InChI is InChI=1S/C22H25N3O2S.ClH/c1-26-20-7-8-21-17(12-20)11-19(15-27-21)25-18(14-24-22(25)28)9-10-23-13-16-5-3-2-4-6-16;/h2-8,12,14,19,23H,9-11,13,15H2,1H3,(H,24,28);1H. The van der Waals surface area contributed by atoms with E-state index in [1.165, 1.54) is 11.3 Å². The van der Waals surface area contributed by atoms with E-state index in [1.807, 2.05) is 24.4 Å². The van der Waals surface area contributed by atoms with Crippen LogP contribution < -0.4 is 14.8 Å². The molecule has 0 saturated heterocycles. The topological polar surface area (TPSA) is 51.2 Å². The highest BCUT2D eigenvalue weighted by atomic mass is 35.5. The summed E-state index contributed by atoms with van der Waals surface area (Å²) in [5.41, 5.74) is 3.65. The quantitative estimate of drug-likeness (QED) is 0.427. The van der Waals surface area contributed by atoms with E-state index in [1.54, 1.807) is 7.11 Å². The molecule has 2 heterocycles. The zero-order valence-electron chi connectivity index (χ0n) is 16.4. The molecule has 3 aromatic rings. The summed E-state index contributed by atoms with van der Waals surface area (Å²) in [5.74, 6) is 1.79. The number of fused-ring (bicyclic) bond motifs is 1. The lowest BCUT2D eigenvalue weighted by Crippen LogP contribution is -2.27. The van der Waals surface area contributed by atoms with Crippen molar-refractivity contribution in [1.29, 1.82) is 0 Å². The molecule has 29 heavy (non-hydrogen) atoms. The monoisotopic (exact) mass is 431 g/mol. The molecule has 1 atom stereocenters. The molecule has 0 radical (unpaired) electrons. The third-order valence-electron chi connectivity index (χ3n) is 5.14. The van der Waals surface area contributed by atoms with E-state index in [2.05, 4.69) is 45.2 Å². The Hall–Kier alpha value is -2.28. The van der Waals surface area contributed by atoms with Gasteiger partial charge in [-0.15, -0.1) is 12.4 Å². The van der Waals surface area contributed by atoms with E-state index >= 15 is 0 Å². The Balaban J connectivity index is 0.00000240. The summed E-state index contributed by atoms with van der Waals surface area (Å²) in [7, 11) is 1.69. The number of hydrogen-bond acceptors (Lipinski definition) is 4. The summed E-state index contributed by atoms with van der Waals surface area (Å²) in [5, 5.41) is 3.51. The van der Waals surface area contributed by atoms with Crippen LogP contribution in [0.5, 0.6) is 11.5 Å². The first kappa shape index (κ1) is 21.4. The molecule has 1 unspecified atom stereocenters. The lowest BCUT2D eigenvalue weighted by atomic mass is 10.0. The van der Waals surface area contributed by atoms with E-state index in [0.29, 0.717) is 6.61 Å². The second-order valence-electron chi connectivity index (χ2n) is 7.01. The molecule has 0 saturated carbocycles. The van der Waals surface area contributed by atoms with Gasteiger partial charge in [0.15, 0.2) is 4.77 Å². The zero-order chi connectivity index (χ0) is 19.3. The summed E-state index contributed by atoms with van der Waals surface area (Å²) in [6.07, 6.45) is 3.80. The number of aromatic nitrogens is 2. The smallest absolute Gasteiger partial charge is 0.177 e. The SMILES string of the molecule is COc1ccc2c(c1)CC(n1c(CCNCc3ccccc3)c[nH]c1=S)CO2.Cl. The molecule has 2 aromatic carbocycles. The summed E-state index contributed by atoms with van der Waals surface area (Å²) in [4.78, 5) is 3.21. The van der Waals surface area contributed by atoms with Crippen LogP contribution in [0.25, 0.3) is 0 Å². The number of imidazole rings is 1. The predicted octanol–water partition coefficient (Wildman–Crippen LogP) is 4.48. The Kier molecular flexibility index (Phi) is 7.36. The molecule has 1 aliphatic heterocycles. The first-order valence-electron chi connectivity index (χ1n) is 9.58. The number of halogens is 1. The van der Waals surface area contributed by atoms with Crippen LogP contribution in [0.2, 0.25) is 0 Å². The molecule has 4 rings (SSSR count). The molecule has 0 fully saturated rings. The van der Waals surface area contributed by atoms with Crippen molar-refractivity contribution < 1.29 is 9.47 Å². The van der Waals surface area contributed by atoms with Gasteiger partial charge >= 0.3 is 0 Å². The highest BCUT2D eigenvalue weighted by molar-refractivity contribution is 7.71. The fourth-order valence-electron chi connectivity index (χ4n) is 3.70. The number of benzene rings is 2. The Bertz CT molecular complexity index is 987. The number of rotatable bonds is 7. The van der Waals surface area contributed by atoms with Crippen molar-refractivity contribution in [3.63, 3.8) is 0 Å². The summed E-state index contributed by atoms with van der Waals surface area (Å²) in [6, 6.07) is 16.6. The molecule has 0 bridgehead atoms. The molecule has 154 valence electrons. The second-order valence-corrected chi connectivity index (χ2v) is 7.40. The molecule has 5 nitrogen and oxygen atoms in total. The minimum absolute atomic E-state index is 0. The Morgan fingerprint density at radius 1 is 1.24 bits per heavy atom. The number of hydrogen-bond donors (Lipinski definition) is 2. The van der Waals surface area contributed by atoms with Crippen molar-refractivity contribution in [2.24, 2.45) is 0 Å². The minimum Gasteiger partial charge on any atom is -0.497 e. The van der Waals surface area contributed by atoms with Gasteiger partial charge in [-0.25, -0.2) is 0 Å². The Morgan fingerprint density at radius 3 is 2.86 bits per heavy atom. The van der Waals surface area contributed by atoms with Gasteiger partial charge in [0, 0.05) is 37.8 Å². The maximum absolute atomic E-state index is 6.00. The van der Waals surface area contributed by atoms with Crippen LogP contribution in [0.3, 0.4) is 0 Å². The number of aromatic amines is 1. The Morgan fingerprint density at radius 2 is 2.07 bits per heavy atom. The number of nitrogens with one attached hydrogen (secondary N) is 2. The molecule has 7 heteroatoms. The number of ether oxygens (including phenoxy) is 2. The van der Waals surface area contributed by atoms with Crippen LogP contribution in [0.4, 0.5) is 0 Å². The molecule has 1 aromatic heterocycles. The van der Waals surface area contributed by atoms with Crippen LogP contribution in [-0.2, 0) is 19.4 Å². The number of nitrogens with zero attached hydrogens (tertiary/aromatic N) is 1. The van der Waals surface area contributed by atoms with E-state index < -0.39 is 0 Å². The molecule has 2 N–H and O–H groups in total. The van der Waals surface area contributed by atoms with Crippen molar-refractivity contribution in [3.8, 4) is 11.5 Å². The van der Waals surface area contributed by atoms with Gasteiger partial charge in [-0.05, 0) is 41.5 Å². The Labute approximate surface area is 182 Å². The third-order valence-corrected chi connectivity index (χ3v) is 5.45. The highest BCUT2D eigenvalue weighted by Crippen LogP contribution is 2.33. The molecule has 1 aliphatic rings. The number of H-pyrrole nitrogens is 1. The second kappa shape index (κ2) is 9.96. The largest absolute Gasteiger partial charge is 0.497 e. The molecule has 0 amide bonds. The zero-order valence-corrected chi connectivity index (χ0v) is 18.0. The first-order valence-corrected chi connectivity index (χ1v) is 9.98. The van der Waals surface area contributed by atoms with Crippen LogP contribution in [0.15, 0.2) is 54.7 Å². The van der Waals surface area contributed by atoms with Crippen LogP contribution >= 0.6 is 24.6 Å². The fourth-order valence-corrected chi connectivity index (χ4v) is 4.03. The minimum atomic E-state index is 0. The normalized spacial score (nSPS) is 15.1. The number of methoxy groups -OCH3 is 1. The van der Waals surface area contributed by atoms with Gasteiger partial charge in [0.2, 0.25) is 0 Å². The van der Waals surface area contributed by atoms with Gasteiger partial charge in [-0.1, -0.05) is 30.3 Å². The van der Waals surface area contributed by atoms with Crippen molar-refractivity contribution >= 4 is 24.6 Å². The predicted molar refractivity (Wildman–Crippen MR) is 120 cm³/mol. The lowest BCUT2D eigenvalue weighted by molar-refractivity contribution is 0.220. The van der Waals surface area contributed by atoms with E-state index in [0.717, 1.165) is 47.8 Å². The van der Waals surface area contributed by atoms with E-state index in [4.69, 9.17) is 21.7 Å². The van der Waals surface area contributed by atoms with Gasteiger partial charge in [-0.3, -0.25) is 0 Å². The molecule has 0 aliphatic carbocycles. The molecule has 0 spiro atoms. The summed E-state index contributed by atoms with van der Waals surface area (Å²) >= 11 is 5.56. The van der Waals surface area contributed by atoms with Gasteiger partial charge in [0.25, 0.3) is 0 Å². The average Bonchev–Trinajstić information content (AvgIpc) is 3.11. The molecular weight excluding hydrogens is 406 g/mol. The summed E-state index contributed by atoms with van der Waals surface area (Å²) < 4.78 is 14.3. The van der Waals surface area contributed by atoms with E-state index in [-0.39, 0.29) is 18.4 Å². The summed E-state index contributed by atoms with van der Waals surface area (Å²) in [6.45, 7) is 2.38. The maximum atomic E-state index is 6.00. The van der Waals surface area contributed by atoms with Gasteiger partial charge < -0.3 is 24.3 Å².